The van der Waals surface area contributed by atoms with Crippen LogP contribution in [0.1, 0.15) is 5.56 Å². The normalized spacial score (nSPS) is 10.2. The van der Waals surface area contributed by atoms with Gasteiger partial charge in [-0.25, -0.2) is 4.98 Å². The van der Waals surface area contributed by atoms with Crippen molar-refractivity contribution in [2.75, 3.05) is 0 Å². The minimum Gasteiger partial charge on any atom is -0.389 e. The molecule has 2 nitrogen and oxygen atoms in total. The maximum absolute atomic E-state index is 5.59. The Morgan fingerprint density at radius 2 is 2.00 bits per heavy atom. The predicted octanol–water partition coefficient (Wildman–Crippen LogP) is 1.29. The van der Waals surface area contributed by atoms with Gasteiger partial charge < -0.3 is 5.73 Å². The summed E-state index contributed by atoms with van der Waals surface area (Å²) < 4.78 is 0. The second-order valence-electron chi connectivity index (χ2n) is 2.82. The van der Waals surface area contributed by atoms with Crippen molar-refractivity contribution in [3.05, 3.63) is 42.2 Å². The lowest BCUT2D eigenvalue weighted by molar-refractivity contribution is -0.376. The zero-order valence-electron chi connectivity index (χ0n) is 6.95. The first kappa shape index (κ1) is 8.13. The van der Waals surface area contributed by atoms with Crippen LogP contribution in [0, 0.1) is 0 Å². The van der Waals surface area contributed by atoms with E-state index in [1.165, 1.54) is 0 Å². The number of hydrogen-bond donors (Lipinski definition) is 1. The van der Waals surface area contributed by atoms with E-state index in [9.17, 15) is 0 Å². The van der Waals surface area contributed by atoms with Gasteiger partial charge in [0.25, 0.3) is 0 Å². The van der Waals surface area contributed by atoms with Crippen molar-refractivity contribution in [2.24, 2.45) is 5.73 Å². The number of thiocarbonyl (C=S) groups is 1. The molecule has 0 saturated heterocycles. The number of aromatic nitrogens is 1. The summed E-state index contributed by atoms with van der Waals surface area (Å²) >= 11 is 4.95. The topological polar surface area (TPSA) is 40.2 Å². The summed E-state index contributed by atoms with van der Waals surface area (Å²) in [5.41, 5.74) is 6.49. The molecule has 0 radical (unpaired) electrons. The maximum atomic E-state index is 5.59. The molecular weight excluding hydrogens is 180 g/mol. The van der Waals surface area contributed by atoms with Crippen LogP contribution in [-0.2, 0) is 0 Å². The summed E-state index contributed by atoms with van der Waals surface area (Å²) in [5, 5.41) is 2.21. The molecule has 0 spiro atoms. The summed E-state index contributed by atoms with van der Waals surface area (Å²) in [6.45, 7) is 0. The van der Waals surface area contributed by atoms with E-state index >= 15 is 0 Å². The Balaban J connectivity index is 2.83. The van der Waals surface area contributed by atoms with Crippen molar-refractivity contribution < 1.29 is 4.98 Å². The van der Waals surface area contributed by atoms with Crippen molar-refractivity contribution in [1.29, 1.82) is 0 Å². The zero-order valence-corrected chi connectivity index (χ0v) is 7.77. The third-order valence-electron chi connectivity index (χ3n) is 1.98. The van der Waals surface area contributed by atoms with E-state index in [-0.39, 0.29) is 0 Å². The van der Waals surface area contributed by atoms with Crippen LogP contribution in [0.4, 0.5) is 0 Å². The number of hydrogen-bond acceptors (Lipinski definition) is 1. The molecule has 1 heterocycles. The number of aromatic amines is 1. The Labute approximate surface area is 81.4 Å². The van der Waals surface area contributed by atoms with Gasteiger partial charge in [0.05, 0.1) is 5.56 Å². The van der Waals surface area contributed by atoms with Gasteiger partial charge in [-0.3, -0.25) is 0 Å². The van der Waals surface area contributed by atoms with Crippen LogP contribution < -0.4 is 10.7 Å². The average molecular weight is 189 g/mol. The summed E-state index contributed by atoms with van der Waals surface area (Å²) in [6.07, 6.45) is 3.75. The second-order valence-corrected chi connectivity index (χ2v) is 3.26. The molecule has 13 heavy (non-hydrogen) atoms. The Kier molecular flexibility index (Phi) is 1.94. The van der Waals surface area contributed by atoms with E-state index in [0.717, 1.165) is 16.3 Å². The standard InChI is InChI=1S/C10H8N2S/c11-10(13)9-6-12-5-7-3-1-2-4-8(7)9/h1-6H,(H2,11,13)/p+1. The summed E-state index contributed by atoms with van der Waals surface area (Å²) in [5.74, 6) is 0. The van der Waals surface area contributed by atoms with Crippen molar-refractivity contribution >= 4 is 28.0 Å². The SMILES string of the molecule is NC(=S)c1c[nH+]cc2ccccc12. The minimum absolute atomic E-state index is 0.424. The number of H-pyrrole nitrogens is 1. The molecule has 0 aliphatic heterocycles. The lowest BCUT2D eigenvalue weighted by Gasteiger charge is -1.98. The monoisotopic (exact) mass is 189 g/mol. The largest absolute Gasteiger partial charge is 0.389 e. The zero-order chi connectivity index (χ0) is 9.26. The molecule has 1 aromatic carbocycles. The lowest BCUT2D eigenvalue weighted by Crippen LogP contribution is -2.14. The summed E-state index contributed by atoms with van der Waals surface area (Å²) in [4.78, 5) is 3.44. The van der Waals surface area contributed by atoms with E-state index in [2.05, 4.69) is 4.98 Å². The van der Waals surface area contributed by atoms with Gasteiger partial charge in [-0.05, 0) is 6.07 Å². The Morgan fingerprint density at radius 3 is 2.77 bits per heavy atom. The fraction of sp³-hybridized carbons (Fsp3) is 0. The molecule has 0 aliphatic carbocycles. The molecule has 0 fully saturated rings. The van der Waals surface area contributed by atoms with E-state index in [0.29, 0.717) is 4.99 Å². The van der Waals surface area contributed by atoms with Crippen molar-refractivity contribution in [2.45, 2.75) is 0 Å². The highest BCUT2D eigenvalue weighted by Crippen LogP contribution is 2.14. The number of nitrogens with two attached hydrogens (primary N) is 1. The molecular formula is C10H9N2S+. The van der Waals surface area contributed by atoms with Crippen LogP contribution in [-0.4, -0.2) is 4.99 Å². The molecule has 2 rings (SSSR count). The summed E-state index contributed by atoms with van der Waals surface area (Å²) in [7, 11) is 0. The molecule has 3 N–H and O–H groups in total. The molecule has 2 aromatic rings. The number of benzene rings is 1. The number of fused-ring (bicyclic) bond motifs is 1. The van der Waals surface area contributed by atoms with E-state index in [1.54, 1.807) is 0 Å². The molecule has 0 aliphatic rings. The first-order valence-electron chi connectivity index (χ1n) is 3.97. The van der Waals surface area contributed by atoms with Gasteiger partial charge in [0.2, 0.25) is 0 Å². The van der Waals surface area contributed by atoms with Crippen LogP contribution in [0.3, 0.4) is 0 Å². The third-order valence-corrected chi connectivity index (χ3v) is 2.20. The fourth-order valence-electron chi connectivity index (χ4n) is 1.36. The number of pyridine rings is 1. The van der Waals surface area contributed by atoms with Crippen LogP contribution in [0.15, 0.2) is 36.7 Å². The first-order valence-corrected chi connectivity index (χ1v) is 4.38. The lowest BCUT2D eigenvalue weighted by atomic mass is 10.1. The third kappa shape index (κ3) is 1.38. The van der Waals surface area contributed by atoms with Crippen LogP contribution >= 0.6 is 12.2 Å². The molecule has 3 heteroatoms. The Bertz CT molecular complexity index is 460. The quantitative estimate of drug-likeness (QED) is 0.687. The van der Waals surface area contributed by atoms with Crippen molar-refractivity contribution in [3.8, 4) is 0 Å². The van der Waals surface area contributed by atoms with Gasteiger partial charge in [0.1, 0.15) is 4.99 Å². The number of nitrogens with one attached hydrogen (secondary N) is 1. The van der Waals surface area contributed by atoms with Gasteiger partial charge in [-0.1, -0.05) is 30.4 Å². The Morgan fingerprint density at radius 1 is 1.23 bits per heavy atom. The molecule has 0 saturated carbocycles. The van der Waals surface area contributed by atoms with Gasteiger partial charge >= 0.3 is 0 Å². The maximum Gasteiger partial charge on any atom is 0.177 e. The van der Waals surface area contributed by atoms with Gasteiger partial charge in [0, 0.05) is 10.8 Å². The van der Waals surface area contributed by atoms with Crippen molar-refractivity contribution in [1.82, 2.24) is 0 Å². The average Bonchev–Trinajstić information content (AvgIpc) is 2.17. The van der Waals surface area contributed by atoms with E-state index < -0.39 is 0 Å². The fourth-order valence-corrected chi connectivity index (χ4v) is 1.53. The summed E-state index contributed by atoms with van der Waals surface area (Å²) in [6, 6.07) is 7.99. The molecule has 0 atom stereocenters. The van der Waals surface area contributed by atoms with E-state index in [1.807, 2.05) is 36.7 Å². The molecule has 0 unspecified atom stereocenters. The molecule has 1 aromatic heterocycles. The van der Waals surface area contributed by atoms with Crippen LogP contribution in [0.2, 0.25) is 0 Å². The molecule has 0 bridgehead atoms. The first-order chi connectivity index (χ1) is 6.29. The van der Waals surface area contributed by atoms with E-state index in [4.69, 9.17) is 18.0 Å². The van der Waals surface area contributed by atoms with Gasteiger partial charge in [-0.15, -0.1) is 0 Å². The highest BCUT2D eigenvalue weighted by molar-refractivity contribution is 7.80. The van der Waals surface area contributed by atoms with Crippen molar-refractivity contribution in [3.63, 3.8) is 0 Å². The van der Waals surface area contributed by atoms with Gasteiger partial charge in [-0.2, -0.15) is 0 Å². The smallest absolute Gasteiger partial charge is 0.177 e. The minimum atomic E-state index is 0.424. The van der Waals surface area contributed by atoms with Crippen LogP contribution in [0.5, 0.6) is 0 Å². The number of rotatable bonds is 1. The van der Waals surface area contributed by atoms with Crippen LogP contribution in [0.25, 0.3) is 10.8 Å². The highest BCUT2D eigenvalue weighted by Gasteiger charge is 2.05. The molecule has 64 valence electrons. The predicted molar refractivity (Wildman–Crippen MR) is 56.4 cm³/mol. The Hall–Kier alpha value is -1.48. The molecule has 0 amide bonds. The second kappa shape index (κ2) is 3.11. The highest BCUT2D eigenvalue weighted by atomic mass is 32.1. The van der Waals surface area contributed by atoms with Gasteiger partial charge in [0.15, 0.2) is 12.4 Å².